The molecule has 2 aliphatic rings. The zero-order chi connectivity index (χ0) is 21.1. The van der Waals surface area contributed by atoms with Gasteiger partial charge in [0.25, 0.3) is 5.91 Å². The van der Waals surface area contributed by atoms with Crippen LogP contribution in [-0.2, 0) is 16.1 Å². The molecule has 2 saturated heterocycles. The first-order valence-electron chi connectivity index (χ1n) is 10.4. The summed E-state index contributed by atoms with van der Waals surface area (Å²) in [5.41, 5.74) is 0.980. The second-order valence-electron chi connectivity index (χ2n) is 8.13. The number of morpholine rings is 1. The van der Waals surface area contributed by atoms with Crippen LogP contribution in [0.1, 0.15) is 42.1 Å². The summed E-state index contributed by atoms with van der Waals surface area (Å²) in [6.07, 6.45) is 1.82. The molecule has 4 heterocycles. The molecule has 2 unspecified atom stereocenters. The van der Waals surface area contributed by atoms with Crippen molar-refractivity contribution in [2.45, 2.75) is 45.4 Å². The fourth-order valence-electron chi connectivity index (χ4n) is 4.19. The molecule has 4 rings (SSSR count). The SMILES string of the molecule is CC1CN(Cc2csc(NC(=O)C3CCN(C(=O)c4cccs4)CC3)n2)CC(C)O1. The van der Waals surface area contributed by atoms with Crippen LogP contribution in [0.2, 0.25) is 0 Å². The van der Waals surface area contributed by atoms with Gasteiger partial charge in [-0.05, 0) is 38.1 Å². The van der Waals surface area contributed by atoms with Crippen molar-refractivity contribution in [3.8, 4) is 0 Å². The molecule has 2 atom stereocenters. The molecule has 30 heavy (non-hydrogen) atoms. The summed E-state index contributed by atoms with van der Waals surface area (Å²) in [6, 6.07) is 3.74. The van der Waals surface area contributed by atoms with Gasteiger partial charge in [-0.25, -0.2) is 4.98 Å². The van der Waals surface area contributed by atoms with E-state index in [0.717, 1.165) is 30.2 Å². The molecule has 9 heteroatoms. The molecule has 162 valence electrons. The van der Waals surface area contributed by atoms with Crippen LogP contribution in [0.5, 0.6) is 0 Å². The van der Waals surface area contributed by atoms with E-state index in [4.69, 9.17) is 4.74 Å². The number of nitrogens with zero attached hydrogens (tertiary/aromatic N) is 3. The van der Waals surface area contributed by atoms with Gasteiger partial charge >= 0.3 is 0 Å². The number of piperidine rings is 1. The molecule has 2 amide bonds. The van der Waals surface area contributed by atoms with Crippen molar-refractivity contribution >= 4 is 39.6 Å². The van der Waals surface area contributed by atoms with Gasteiger partial charge in [0.05, 0.1) is 22.8 Å². The highest BCUT2D eigenvalue weighted by Crippen LogP contribution is 2.24. The predicted molar refractivity (Wildman–Crippen MR) is 119 cm³/mol. The molecule has 1 N–H and O–H groups in total. The van der Waals surface area contributed by atoms with Gasteiger partial charge in [-0.1, -0.05) is 6.07 Å². The minimum absolute atomic E-state index is 0.00717. The number of thiazole rings is 1. The Kier molecular flexibility index (Phi) is 6.82. The molecular formula is C21H28N4O3S2. The number of likely N-dealkylation sites (tertiary alicyclic amines) is 1. The fraction of sp³-hybridized carbons (Fsp3) is 0.571. The van der Waals surface area contributed by atoms with E-state index in [1.54, 1.807) is 0 Å². The van der Waals surface area contributed by atoms with Crippen molar-refractivity contribution < 1.29 is 14.3 Å². The zero-order valence-corrected chi connectivity index (χ0v) is 19.0. The Hall–Kier alpha value is -1.81. The minimum Gasteiger partial charge on any atom is -0.373 e. The summed E-state index contributed by atoms with van der Waals surface area (Å²) in [7, 11) is 0. The van der Waals surface area contributed by atoms with E-state index in [1.807, 2.05) is 27.8 Å². The summed E-state index contributed by atoms with van der Waals surface area (Å²) >= 11 is 2.93. The highest BCUT2D eigenvalue weighted by atomic mass is 32.1. The Bertz CT molecular complexity index is 851. The second kappa shape index (κ2) is 9.55. The number of hydrogen-bond acceptors (Lipinski definition) is 7. The number of carbonyl (C=O) groups excluding carboxylic acids is 2. The molecule has 2 aromatic rings. The maximum absolute atomic E-state index is 12.7. The first-order chi connectivity index (χ1) is 14.5. The smallest absolute Gasteiger partial charge is 0.263 e. The summed E-state index contributed by atoms with van der Waals surface area (Å²) < 4.78 is 5.78. The highest BCUT2D eigenvalue weighted by molar-refractivity contribution is 7.14. The van der Waals surface area contributed by atoms with Gasteiger partial charge in [-0.15, -0.1) is 22.7 Å². The van der Waals surface area contributed by atoms with Crippen LogP contribution >= 0.6 is 22.7 Å². The number of ether oxygens (including phenoxy) is 1. The van der Waals surface area contributed by atoms with Crippen LogP contribution in [0.25, 0.3) is 0 Å². The number of hydrogen-bond donors (Lipinski definition) is 1. The summed E-state index contributed by atoms with van der Waals surface area (Å²) in [4.78, 5) is 34.7. The molecule has 0 saturated carbocycles. The van der Waals surface area contributed by atoms with E-state index in [2.05, 4.69) is 29.0 Å². The zero-order valence-electron chi connectivity index (χ0n) is 17.4. The van der Waals surface area contributed by atoms with Crippen molar-refractivity contribution in [1.82, 2.24) is 14.8 Å². The number of thiophene rings is 1. The van der Waals surface area contributed by atoms with Gasteiger partial charge in [0.1, 0.15) is 0 Å². The lowest BCUT2D eigenvalue weighted by Crippen LogP contribution is -2.44. The summed E-state index contributed by atoms with van der Waals surface area (Å²) in [5, 5.41) is 7.57. The molecule has 0 aliphatic carbocycles. The lowest BCUT2D eigenvalue weighted by atomic mass is 9.96. The second-order valence-corrected chi connectivity index (χ2v) is 9.93. The van der Waals surface area contributed by atoms with Gasteiger partial charge < -0.3 is 15.0 Å². The normalized spacial score (nSPS) is 23.5. The standard InChI is InChI=1S/C21H28N4O3S2/c1-14-10-24(11-15(2)28-14)12-17-13-30-21(22-17)23-19(26)16-5-7-25(8-6-16)20(27)18-4-3-9-29-18/h3-4,9,13-16H,5-8,10-12H2,1-2H3,(H,22,23,26). The lowest BCUT2D eigenvalue weighted by molar-refractivity contribution is -0.121. The third kappa shape index (κ3) is 5.26. The quantitative estimate of drug-likeness (QED) is 0.760. The predicted octanol–water partition coefficient (Wildman–Crippen LogP) is 3.30. The Morgan fingerprint density at radius 2 is 1.93 bits per heavy atom. The Balaban J connectivity index is 1.25. The number of aromatic nitrogens is 1. The van der Waals surface area contributed by atoms with Gasteiger partial charge in [0, 0.05) is 44.0 Å². The topological polar surface area (TPSA) is 74.8 Å². The maximum Gasteiger partial charge on any atom is 0.263 e. The first-order valence-corrected chi connectivity index (χ1v) is 12.2. The van der Waals surface area contributed by atoms with Crippen molar-refractivity contribution in [3.63, 3.8) is 0 Å². The number of nitrogens with one attached hydrogen (secondary N) is 1. The highest BCUT2D eigenvalue weighted by Gasteiger charge is 2.29. The summed E-state index contributed by atoms with van der Waals surface area (Å²) in [6.45, 7) is 7.98. The van der Waals surface area contributed by atoms with Gasteiger partial charge in [-0.3, -0.25) is 14.5 Å². The Morgan fingerprint density at radius 1 is 1.20 bits per heavy atom. The minimum atomic E-state index is -0.0781. The molecule has 0 bridgehead atoms. The lowest BCUT2D eigenvalue weighted by Gasteiger charge is -2.34. The number of anilines is 1. The molecule has 2 aromatic heterocycles. The van der Waals surface area contributed by atoms with E-state index in [-0.39, 0.29) is 29.9 Å². The van der Waals surface area contributed by atoms with Crippen molar-refractivity contribution in [2.24, 2.45) is 5.92 Å². The van der Waals surface area contributed by atoms with Gasteiger partial charge in [-0.2, -0.15) is 0 Å². The Labute approximate surface area is 185 Å². The summed E-state index contributed by atoms with van der Waals surface area (Å²) in [5.74, 6) is -0.00131. The molecule has 0 spiro atoms. The van der Waals surface area contributed by atoms with Gasteiger partial charge in [0.2, 0.25) is 5.91 Å². The molecule has 2 fully saturated rings. The van der Waals surface area contributed by atoms with E-state index < -0.39 is 0 Å². The van der Waals surface area contributed by atoms with Gasteiger partial charge in [0.15, 0.2) is 5.13 Å². The van der Waals surface area contributed by atoms with Crippen molar-refractivity contribution in [1.29, 1.82) is 0 Å². The monoisotopic (exact) mass is 448 g/mol. The first kappa shape index (κ1) is 21.4. The van der Waals surface area contributed by atoms with Crippen molar-refractivity contribution in [2.75, 3.05) is 31.5 Å². The molecule has 7 nitrogen and oxygen atoms in total. The number of rotatable bonds is 5. The van der Waals surface area contributed by atoms with Crippen LogP contribution < -0.4 is 5.32 Å². The molecule has 0 aromatic carbocycles. The number of carbonyl (C=O) groups is 2. The maximum atomic E-state index is 12.7. The van der Waals surface area contributed by atoms with E-state index >= 15 is 0 Å². The fourth-order valence-corrected chi connectivity index (χ4v) is 5.58. The molecular weight excluding hydrogens is 420 g/mol. The van der Waals surface area contributed by atoms with E-state index in [0.29, 0.717) is 31.1 Å². The number of amides is 2. The van der Waals surface area contributed by atoms with Crippen molar-refractivity contribution in [3.05, 3.63) is 33.5 Å². The van der Waals surface area contributed by atoms with Crippen LogP contribution in [0.3, 0.4) is 0 Å². The molecule has 2 aliphatic heterocycles. The van der Waals surface area contributed by atoms with Crippen LogP contribution in [-0.4, -0.2) is 65.0 Å². The molecule has 0 radical (unpaired) electrons. The average molecular weight is 449 g/mol. The average Bonchev–Trinajstić information content (AvgIpc) is 3.39. The van der Waals surface area contributed by atoms with Crippen LogP contribution in [0.15, 0.2) is 22.9 Å². The van der Waals surface area contributed by atoms with E-state index in [9.17, 15) is 9.59 Å². The third-order valence-corrected chi connectivity index (χ3v) is 7.21. The largest absolute Gasteiger partial charge is 0.373 e. The van der Waals surface area contributed by atoms with Crippen LogP contribution in [0.4, 0.5) is 5.13 Å². The van der Waals surface area contributed by atoms with E-state index in [1.165, 1.54) is 22.7 Å². The Morgan fingerprint density at radius 3 is 2.60 bits per heavy atom. The van der Waals surface area contributed by atoms with Crippen LogP contribution in [0, 0.1) is 5.92 Å². The third-order valence-electron chi connectivity index (χ3n) is 5.55.